The molecule has 0 atom stereocenters. The topological polar surface area (TPSA) is 26.0 Å². The van der Waals surface area contributed by atoms with Crippen LogP contribution in [0.1, 0.15) is 51.3 Å². The zero-order valence-corrected chi connectivity index (χ0v) is 14.0. The van der Waals surface area contributed by atoms with Crippen molar-refractivity contribution in [3.8, 4) is 0 Å². The van der Waals surface area contributed by atoms with Crippen LogP contribution in [0.4, 0.5) is 0 Å². The fourth-order valence-corrected chi connectivity index (χ4v) is 4.67. The van der Waals surface area contributed by atoms with Crippen LogP contribution in [0.3, 0.4) is 0 Å². The highest BCUT2D eigenvalue weighted by molar-refractivity contribution is 9.11. The van der Waals surface area contributed by atoms with Gasteiger partial charge in [0.05, 0.1) is 3.79 Å². The minimum absolute atomic E-state index is 0.0338. The molecule has 3 heteroatoms. The van der Waals surface area contributed by atoms with Crippen LogP contribution in [0, 0.1) is 11.3 Å². The molecule has 0 bridgehead atoms. The first-order valence-corrected chi connectivity index (χ1v) is 8.43. The number of hydrogen-bond donors (Lipinski definition) is 1. The highest BCUT2D eigenvalue weighted by atomic mass is 79.9. The Kier molecular flexibility index (Phi) is 4.25. The van der Waals surface area contributed by atoms with Gasteiger partial charge in [0.1, 0.15) is 0 Å². The Labute approximate surface area is 123 Å². The second kappa shape index (κ2) is 5.26. The minimum atomic E-state index is 0.0338. The molecule has 102 valence electrons. The summed E-state index contributed by atoms with van der Waals surface area (Å²) in [4.78, 5) is 1.42. The van der Waals surface area contributed by atoms with E-state index in [-0.39, 0.29) is 5.54 Å². The van der Waals surface area contributed by atoms with Gasteiger partial charge in [0.15, 0.2) is 0 Å². The van der Waals surface area contributed by atoms with Crippen molar-refractivity contribution in [1.29, 1.82) is 0 Å². The van der Waals surface area contributed by atoms with Crippen molar-refractivity contribution >= 4 is 27.3 Å². The summed E-state index contributed by atoms with van der Waals surface area (Å²) < 4.78 is 1.21. The zero-order chi connectivity index (χ0) is 13.4. The van der Waals surface area contributed by atoms with Gasteiger partial charge < -0.3 is 5.73 Å². The average molecular weight is 330 g/mol. The molecule has 1 heterocycles. The van der Waals surface area contributed by atoms with Crippen molar-refractivity contribution in [2.45, 2.75) is 58.4 Å². The van der Waals surface area contributed by atoms with E-state index in [4.69, 9.17) is 5.73 Å². The molecule has 2 N–H and O–H groups in total. The molecule has 1 aliphatic rings. The van der Waals surface area contributed by atoms with Gasteiger partial charge in [-0.15, -0.1) is 11.3 Å². The first-order chi connectivity index (χ1) is 8.28. The van der Waals surface area contributed by atoms with Gasteiger partial charge in [-0.3, -0.25) is 0 Å². The molecule has 1 aromatic rings. The van der Waals surface area contributed by atoms with Crippen LogP contribution >= 0.6 is 27.3 Å². The molecule has 0 aromatic carbocycles. The predicted octanol–water partition coefficient (Wildman–Crippen LogP) is 4.99. The maximum absolute atomic E-state index is 6.60. The fourth-order valence-electron chi connectivity index (χ4n) is 3.03. The van der Waals surface area contributed by atoms with Crippen LogP contribution < -0.4 is 5.73 Å². The summed E-state index contributed by atoms with van der Waals surface area (Å²) in [6.07, 6.45) is 5.95. The van der Waals surface area contributed by atoms with Crippen LogP contribution in [-0.4, -0.2) is 5.54 Å². The molecule has 1 nitrogen and oxygen atoms in total. The van der Waals surface area contributed by atoms with Crippen molar-refractivity contribution in [1.82, 2.24) is 0 Å². The molecule has 2 rings (SSSR count). The Hall–Kier alpha value is 0.140. The normalized spacial score (nSPS) is 29.5. The summed E-state index contributed by atoms with van der Waals surface area (Å²) in [5.41, 5.74) is 7.07. The summed E-state index contributed by atoms with van der Waals surface area (Å²) in [7, 11) is 0. The standard InChI is InChI=1S/C15H24BrNS/c1-14(2,3)11-6-8-15(17,9-7-11)10-12-4-5-13(16)18-12/h4-5,11H,6-10,17H2,1-3H3. The molecule has 0 aliphatic heterocycles. The van der Waals surface area contributed by atoms with Crippen molar-refractivity contribution < 1.29 is 0 Å². The lowest BCUT2D eigenvalue weighted by molar-refractivity contribution is 0.134. The van der Waals surface area contributed by atoms with Crippen LogP contribution in [0.15, 0.2) is 15.9 Å². The third-order valence-electron chi connectivity index (χ3n) is 4.36. The van der Waals surface area contributed by atoms with Crippen molar-refractivity contribution in [3.05, 3.63) is 20.8 Å². The van der Waals surface area contributed by atoms with E-state index in [0.29, 0.717) is 5.41 Å². The highest BCUT2D eigenvalue weighted by Crippen LogP contribution is 2.42. The lowest BCUT2D eigenvalue weighted by atomic mass is 9.67. The molecule has 0 spiro atoms. The molecule has 1 fully saturated rings. The van der Waals surface area contributed by atoms with E-state index in [2.05, 4.69) is 48.8 Å². The first-order valence-electron chi connectivity index (χ1n) is 6.82. The monoisotopic (exact) mass is 329 g/mol. The summed E-state index contributed by atoms with van der Waals surface area (Å²) in [5, 5.41) is 0. The maximum Gasteiger partial charge on any atom is 0.0701 e. The van der Waals surface area contributed by atoms with Crippen molar-refractivity contribution in [2.75, 3.05) is 0 Å². The van der Waals surface area contributed by atoms with Gasteiger partial charge in [-0.2, -0.15) is 0 Å². The Morgan fingerprint density at radius 2 is 1.94 bits per heavy atom. The van der Waals surface area contributed by atoms with E-state index in [1.807, 2.05) is 11.3 Å². The number of rotatable bonds is 2. The molecule has 0 amide bonds. The van der Waals surface area contributed by atoms with Gasteiger partial charge in [0.25, 0.3) is 0 Å². The SMILES string of the molecule is CC(C)(C)C1CCC(N)(Cc2ccc(Br)s2)CC1. The van der Waals surface area contributed by atoms with Gasteiger partial charge in [-0.25, -0.2) is 0 Å². The Morgan fingerprint density at radius 1 is 1.33 bits per heavy atom. The lowest BCUT2D eigenvalue weighted by Gasteiger charge is -2.42. The van der Waals surface area contributed by atoms with E-state index in [1.54, 1.807) is 0 Å². The molecule has 0 saturated heterocycles. The van der Waals surface area contributed by atoms with E-state index >= 15 is 0 Å². The summed E-state index contributed by atoms with van der Waals surface area (Å²) in [5.74, 6) is 0.837. The fraction of sp³-hybridized carbons (Fsp3) is 0.733. The van der Waals surface area contributed by atoms with E-state index in [0.717, 1.165) is 12.3 Å². The largest absolute Gasteiger partial charge is 0.325 e. The summed E-state index contributed by atoms with van der Waals surface area (Å²) in [6, 6.07) is 4.34. The molecular weight excluding hydrogens is 306 g/mol. The third kappa shape index (κ3) is 3.58. The van der Waals surface area contributed by atoms with E-state index in [1.165, 1.54) is 34.3 Å². The molecule has 1 saturated carbocycles. The van der Waals surface area contributed by atoms with E-state index < -0.39 is 0 Å². The number of nitrogens with two attached hydrogens (primary N) is 1. The van der Waals surface area contributed by atoms with Crippen molar-refractivity contribution in [2.24, 2.45) is 17.1 Å². The molecular formula is C15H24BrNS. The summed E-state index contributed by atoms with van der Waals surface area (Å²) in [6.45, 7) is 7.08. The summed E-state index contributed by atoms with van der Waals surface area (Å²) >= 11 is 5.35. The van der Waals surface area contributed by atoms with Gasteiger partial charge in [0.2, 0.25) is 0 Å². The quantitative estimate of drug-likeness (QED) is 0.812. The minimum Gasteiger partial charge on any atom is -0.325 e. The van der Waals surface area contributed by atoms with Gasteiger partial charge >= 0.3 is 0 Å². The van der Waals surface area contributed by atoms with E-state index in [9.17, 15) is 0 Å². The van der Waals surface area contributed by atoms with Gasteiger partial charge in [-0.1, -0.05) is 20.8 Å². The third-order valence-corrected chi connectivity index (χ3v) is 5.98. The molecule has 18 heavy (non-hydrogen) atoms. The molecule has 1 aromatic heterocycles. The molecule has 0 radical (unpaired) electrons. The maximum atomic E-state index is 6.60. The molecule has 1 aliphatic carbocycles. The lowest BCUT2D eigenvalue weighted by Crippen LogP contribution is -2.46. The van der Waals surface area contributed by atoms with Gasteiger partial charge in [0, 0.05) is 10.4 Å². The Morgan fingerprint density at radius 3 is 2.39 bits per heavy atom. The van der Waals surface area contributed by atoms with Crippen LogP contribution in [0.5, 0.6) is 0 Å². The van der Waals surface area contributed by atoms with Gasteiger partial charge in [-0.05, 0) is 71.5 Å². The second-order valence-corrected chi connectivity index (χ2v) is 9.43. The Balaban J connectivity index is 1.95. The number of thiophene rings is 1. The predicted molar refractivity (Wildman–Crippen MR) is 84.1 cm³/mol. The van der Waals surface area contributed by atoms with Crippen molar-refractivity contribution in [3.63, 3.8) is 0 Å². The second-order valence-electron chi connectivity index (χ2n) is 6.89. The first kappa shape index (κ1) is 14.5. The zero-order valence-electron chi connectivity index (χ0n) is 11.6. The Bertz CT molecular complexity index is 397. The van der Waals surface area contributed by atoms with Crippen LogP contribution in [-0.2, 0) is 6.42 Å². The number of halogens is 1. The van der Waals surface area contributed by atoms with Crippen LogP contribution in [0.25, 0.3) is 0 Å². The highest BCUT2D eigenvalue weighted by Gasteiger charge is 2.36. The average Bonchev–Trinajstić information content (AvgIpc) is 2.62. The smallest absolute Gasteiger partial charge is 0.0701 e. The van der Waals surface area contributed by atoms with Crippen LogP contribution in [0.2, 0.25) is 0 Å². The number of hydrogen-bond acceptors (Lipinski definition) is 2. The molecule has 0 unspecified atom stereocenters.